The summed E-state index contributed by atoms with van der Waals surface area (Å²) < 4.78 is 6.87. The Bertz CT molecular complexity index is 430. The molecule has 0 aliphatic carbocycles. The first-order valence-electron chi connectivity index (χ1n) is 7.41. The van der Waals surface area contributed by atoms with E-state index in [9.17, 15) is 0 Å². The van der Waals surface area contributed by atoms with E-state index in [-0.39, 0.29) is 0 Å². The molecular weight excluding hydrogens is 316 g/mol. The van der Waals surface area contributed by atoms with Crippen molar-refractivity contribution < 1.29 is 4.74 Å². The highest BCUT2D eigenvalue weighted by atomic mass is 79.9. The minimum atomic E-state index is 0.384. The first-order valence-corrected chi connectivity index (χ1v) is 8.20. The van der Waals surface area contributed by atoms with E-state index in [0.717, 1.165) is 24.2 Å². The van der Waals surface area contributed by atoms with Crippen molar-refractivity contribution in [2.45, 2.75) is 45.4 Å². The summed E-state index contributed by atoms with van der Waals surface area (Å²) >= 11 is 3.57. The summed E-state index contributed by atoms with van der Waals surface area (Å²) in [7, 11) is 2.16. The van der Waals surface area contributed by atoms with Crippen LogP contribution in [0.2, 0.25) is 0 Å². The highest BCUT2D eigenvalue weighted by Gasteiger charge is 2.18. The molecule has 112 valence electrons. The van der Waals surface area contributed by atoms with Crippen LogP contribution in [0.25, 0.3) is 0 Å². The lowest BCUT2D eigenvalue weighted by molar-refractivity contribution is 0.116. The van der Waals surface area contributed by atoms with E-state index in [1.165, 1.54) is 24.1 Å². The quantitative estimate of drug-likeness (QED) is 0.856. The molecule has 0 bridgehead atoms. The molecule has 1 fully saturated rings. The van der Waals surface area contributed by atoms with Gasteiger partial charge in [0.25, 0.3) is 0 Å². The molecule has 1 aliphatic rings. The summed E-state index contributed by atoms with van der Waals surface area (Å²) in [5.41, 5.74) is 2.62. The summed E-state index contributed by atoms with van der Waals surface area (Å²) in [5.74, 6) is 0. The van der Waals surface area contributed by atoms with Gasteiger partial charge < -0.3 is 15.0 Å². The number of hydrogen-bond acceptors (Lipinski definition) is 3. The number of halogens is 1. The fourth-order valence-electron chi connectivity index (χ4n) is 2.57. The molecule has 2 rings (SSSR count). The van der Waals surface area contributed by atoms with E-state index in [1.807, 2.05) is 0 Å². The lowest BCUT2D eigenvalue weighted by atomic mass is 10.1. The van der Waals surface area contributed by atoms with Crippen LogP contribution in [0.15, 0.2) is 22.7 Å². The molecule has 3 nitrogen and oxygen atoms in total. The van der Waals surface area contributed by atoms with Gasteiger partial charge in [-0.15, -0.1) is 0 Å². The smallest absolute Gasteiger partial charge is 0.0750 e. The van der Waals surface area contributed by atoms with Gasteiger partial charge in [-0.25, -0.2) is 0 Å². The molecule has 0 aromatic heterocycles. The monoisotopic (exact) mass is 340 g/mol. The van der Waals surface area contributed by atoms with Gasteiger partial charge in [-0.2, -0.15) is 0 Å². The Morgan fingerprint density at radius 2 is 2.25 bits per heavy atom. The first kappa shape index (κ1) is 15.8. The second-order valence-corrected chi connectivity index (χ2v) is 6.74. The van der Waals surface area contributed by atoms with Crippen molar-refractivity contribution in [1.29, 1.82) is 0 Å². The average molecular weight is 341 g/mol. The number of anilines is 1. The van der Waals surface area contributed by atoms with Gasteiger partial charge >= 0.3 is 0 Å². The SMILES string of the molecule is CC(C)NCc1cc(Br)ccc1N(C)CC1CCCO1. The number of ether oxygens (including phenoxy) is 1. The fourth-order valence-corrected chi connectivity index (χ4v) is 2.98. The Kier molecular flexibility index (Phi) is 5.87. The van der Waals surface area contributed by atoms with E-state index >= 15 is 0 Å². The third-order valence-electron chi connectivity index (χ3n) is 3.66. The van der Waals surface area contributed by atoms with Crippen molar-refractivity contribution in [3.8, 4) is 0 Å². The molecule has 0 saturated carbocycles. The molecule has 1 aromatic rings. The largest absolute Gasteiger partial charge is 0.376 e. The van der Waals surface area contributed by atoms with Crippen molar-refractivity contribution in [2.24, 2.45) is 0 Å². The molecule has 0 amide bonds. The van der Waals surface area contributed by atoms with Crippen LogP contribution >= 0.6 is 15.9 Å². The van der Waals surface area contributed by atoms with Crippen molar-refractivity contribution in [3.63, 3.8) is 0 Å². The molecule has 0 radical (unpaired) electrons. The summed E-state index contributed by atoms with van der Waals surface area (Å²) in [6.07, 6.45) is 2.76. The Morgan fingerprint density at radius 1 is 1.45 bits per heavy atom. The van der Waals surface area contributed by atoms with Gasteiger partial charge in [0.05, 0.1) is 6.10 Å². The molecule has 1 N–H and O–H groups in total. The predicted octanol–water partition coefficient (Wildman–Crippen LogP) is 3.56. The van der Waals surface area contributed by atoms with Crippen LogP contribution < -0.4 is 10.2 Å². The van der Waals surface area contributed by atoms with E-state index < -0.39 is 0 Å². The third-order valence-corrected chi connectivity index (χ3v) is 4.15. The van der Waals surface area contributed by atoms with Crippen molar-refractivity contribution in [2.75, 3.05) is 25.1 Å². The molecule has 1 heterocycles. The number of nitrogens with zero attached hydrogens (tertiary/aromatic N) is 1. The topological polar surface area (TPSA) is 24.5 Å². The van der Waals surface area contributed by atoms with E-state index in [1.54, 1.807) is 0 Å². The Balaban J connectivity index is 2.07. The van der Waals surface area contributed by atoms with Crippen LogP contribution in [-0.4, -0.2) is 32.3 Å². The minimum Gasteiger partial charge on any atom is -0.376 e. The summed E-state index contributed by atoms with van der Waals surface area (Å²) in [6.45, 7) is 7.13. The zero-order chi connectivity index (χ0) is 14.5. The molecular formula is C16H25BrN2O. The Morgan fingerprint density at radius 3 is 2.90 bits per heavy atom. The van der Waals surface area contributed by atoms with Gasteiger partial charge in [0.15, 0.2) is 0 Å². The number of benzene rings is 1. The van der Waals surface area contributed by atoms with Gasteiger partial charge in [-0.05, 0) is 36.6 Å². The maximum Gasteiger partial charge on any atom is 0.0750 e. The molecule has 4 heteroatoms. The van der Waals surface area contributed by atoms with Crippen molar-refractivity contribution in [3.05, 3.63) is 28.2 Å². The van der Waals surface area contributed by atoms with Crippen molar-refractivity contribution in [1.82, 2.24) is 5.32 Å². The number of hydrogen-bond donors (Lipinski definition) is 1. The van der Waals surface area contributed by atoms with Gasteiger partial charge in [-0.3, -0.25) is 0 Å². The summed E-state index contributed by atoms with van der Waals surface area (Å²) in [5, 5.41) is 3.50. The van der Waals surface area contributed by atoms with Crippen LogP contribution in [0.5, 0.6) is 0 Å². The number of likely N-dealkylation sites (N-methyl/N-ethyl adjacent to an activating group) is 1. The third kappa shape index (κ3) is 4.47. The number of rotatable bonds is 6. The zero-order valence-corrected chi connectivity index (χ0v) is 14.2. The lowest BCUT2D eigenvalue weighted by Crippen LogP contribution is -2.30. The van der Waals surface area contributed by atoms with Crippen molar-refractivity contribution >= 4 is 21.6 Å². The number of nitrogens with one attached hydrogen (secondary N) is 1. The van der Waals surface area contributed by atoms with Crippen LogP contribution in [0, 0.1) is 0 Å². The summed E-state index contributed by atoms with van der Waals surface area (Å²) in [4.78, 5) is 2.32. The molecule has 1 aromatic carbocycles. The van der Waals surface area contributed by atoms with E-state index in [4.69, 9.17) is 4.74 Å². The average Bonchev–Trinajstić information content (AvgIpc) is 2.89. The van der Waals surface area contributed by atoms with Gasteiger partial charge in [0.2, 0.25) is 0 Å². The Labute approximate surface area is 130 Å². The molecule has 1 unspecified atom stereocenters. The highest BCUT2D eigenvalue weighted by molar-refractivity contribution is 9.10. The molecule has 20 heavy (non-hydrogen) atoms. The standard InChI is InChI=1S/C16H25BrN2O/c1-12(2)18-10-13-9-14(17)6-7-16(13)19(3)11-15-5-4-8-20-15/h6-7,9,12,15,18H,4-5,8,10-11H2,1-3H3. The highest BCUT2D eigenvalue weighted by Crippen LogP contribution is 2.25. The molecule has 0 spiro atoms. The van der Waals surface area contributed by atoms with Gasteiger partial charge in [-0.1, -0.05) is 29.8 Å². The molecule has 1 aliphatic heterocycles. The van der Waals surface area contributed by atoms with Crippen LogP contribution in [0.3, 0.4) is 0 Å². The van der Waals surface area contributed by atoms with E-state index in [2.05, 4.69) is 65.2 Å². The lowest BCUT2D eigenvalue weighted by Gasteiger charge is -2.26. The van der Waals surface area contributed by atoms with Crippen LogP contribution in [0.1, 0.15) is 32.3 Å². The van der Waals surface area contributed by atoms with Gasteiger partial charge in [0.1, 0.15) is 0 Å². The maximum absolute atomic E-state index is 5.74. The van der Waals surface area contributed by atoms with E-state index in [0.29, 0.717) is 12.1 Å². The first-order chi connectivity index (χ1) is 9.56. The Hall–Kier alpha value is -0.580. The maximum atomic E-state index is 5.74. The molecule has 1 saturated heterocycles. The van der Waals surface area contributed by atoms with Gasteiger partial charge in [0, 0.05) is 42.9 Å². The van der Waals surface area contributed by atoms with Crippen LogP contribution in [-0.2, 0) is 11.3 Å². The fraction of sp³-hybridized carbons (Fsp3) is 0.625. The minimum absolute atomic E-state index is 0.384. The second-order valence-electron chi connectivity index (χ2n) is 5.82. The zero-order valence-electron chi connectivity index (χ0n) is 12.7. The second kappa shape index (κ2) is 7.43. The summed E-state index contributed by atoms with van der Waals surface area (Å²) in [6, 6.07) is 7.00. The normalized spacial score (nSPS) is 18.8. The molecule has 1 atom stereocenters. The predicted molar refractivity (Wildman–Crippen MR) is 88.4 cm³/mol. The van der Waals surface area contributed by atoms with Crippen LogP contribution in [0.4, 0.5) is 5.69 Å².